The van der Waals surface area contributed by atoms with Crippen molar-refractivity contribution in [3.8, 4) is 0 Å². The van der Waals surface area contributed by atoms with Crippen molar-refractivity contribution in [3.63, 3.8) is 0 Å². The zero-order valence-electron chi connectivity index (χ0n) is 10.8. The average molecular weight is 256 g/mol. The van der Waals surface area contributed by atoms with Crippen molar-refractivity contribution in [2.24, 2.45) is 29.6 Å². The molecule has 0 aromatic heterocycles. The number of carbonyl (C=O) groups excluding carboxylic acids is 1. The maximum absolute atomic E-state index is 12.5. The molecule has 5 aliphatic rings. The molecule has 5 fully saturated rings. The summed E-state index contributed by atoms with van der Waals surface area (Å²) in [5.74, 6) is 3.01. The molecule has 6 rings (SSSR count). The summed E-state index contributed by atoms with van der Waals surface area (Å²) in [6, 6.07) is 9.94. The van der Waals surface area contributed by atoms with E-state index in [1.54, 1.807) is 0 Å². The first-order valence-electron chi connectivity index (χ1n) is 7.11. The summed E-state index contributed by atoms with van der Waals surface area (Å²) >= 11 is 0. The van der Waals surface area contributed by atoms with Crippen LogP contribution in [0.15, 0.2) is 30.3 Å². The zero-order chi connectivity index (χ0) is 12.8. The molecule has 0 amide bonds. The number of hydrogen-bond acceptors (Lipinski definition) is 3. The molecule has 0 radical (unpaired) electrons. The van der Waals surface area contributed by atoms with Crippen LogP contribution in [0.25, 0.3) is 0 Å². The topological polar surface area (TPSA) is 35.5 Å². The van der Waals surface area contributed by atoms with Gasteiger partial charge >= 0.3 is 5.97 Å². The van der Waals surface area contributed by atoms with Gasteiger partial charge in [-0.3, -0.25) is 0 Å². The molecule has 3 heteroatoms. The van der Waals surface area contributed by atoms with E-state index in [4.69, 9.17) is 9.47 Å². The third-order valence-electron chi connectivity index (χ3n) is 6.00. The van der Waals surface area contributed by atoms with Gasteiger partial charge in [0.05, 0.1) is 13.2 Å². The smallest absolute Gasteiger partial charge is 0.343 e. The van der Waals surface area contributed by atoms with Gasteiger partial charge in [-0.1, -0.05) is 30.3 Å². The van der Waals surface area contributed by atoms with Crippen LogP contribution in [0.4, 0.5) is 0 Å². The lowest BCUT2D eigenvalue weighted by molar-refractivity contribution is -0.180. The predicted molar refractivity (Wildman–Crippen MR) is 67.1 cm³/mol. The highest BCUT2D eigenvalue weighted by molar-refractivity contribution is 5.83. The third kappa shape index (κ3) is 0.940. The lowest BCUT2D eigenvalue weighted by Gasteiger charge is -2.34. The molecule has 1 aromatic rings. The SMILES string of the molecule is COC(=O)[C@@]1(c2ccccc2)O[C@H]2[C@@H]3C[C@H]4[C@@H]2[C@H]4[C@H]31. The highest BCUT2D eigenvalue weighted by Gasteiger charge is 2.84. The maximum atomic E-state index is 12.5. The Kier molecular flexibility index (Phi) is 1.67. The molecule has 4 saturated carbocycles. The van der Waals surface area contributed by atoms with E-state index < -0.39 is 5.60 Å². The molecular weight excluding hydrogens is 240 g/mol. The van der Waals surface area contributed by atoms with E-state index in [9.17, 15) is 4.79 Å². The average Bonchev–Trinajstić information content (AvgIpc) is 2.81. The Balaban J connectivity index is 1.69. The molecule has 7 atom stereocenters. The Morgan fingerprint density at radius 2 is 2.05 bits per heavy atom. The largest absolute Gasteiger partial charge is 0.467 e. The molecule has 1 aromatic carbocycles. The number of ether oxygens (including phenoxy) is 2. The fourth-order valence-corrected chi connectivity index (χ4v) is 5.51. The Bertz CT molecular complexity index is 569. The molecule has 1 saturated heterocycles. The van der Waals surface area contributed by atoms with Crippen LogP contribution in [0.1, 0.15) is 12.0 Å². The van der Waals surface area contributed by atoms with E-state index >= 15 is 0 Å². The van der Waals surface area contributed by atoms with Crippen molar-refractivity contribution in [3.05, 3.63) is 35.9 Å². The van der Waals surface area contributed by atoms with Gasteiger partial charge < -0.3 is 9.47 Å². The second-order valence-electron chi connectivity index (χ2n) is 6.42. The summed E-state index contributed by atoms with van der Waals surface area (Å²) in [4.78, 5) is 12.5. The number of carbonyl (C=O) groups is 1. The standard InChI is InChI=1S/C16H16O3/c1-18-15(17)16(8-5-3-2-4-6-8)13-10-7-9-11(13)12(9)14(10)19-16/h2-6,9-14H,7H2,1H3/t9-,10-,11+,12-,13+,14+,16+/m1/s1. The Hall–Kier alpha value is -1.35. The van der Waals surface area contributed by atoms with Crippen molar-refractivity contribution >= 4 is 5.97 Å². The number of hydrogen-bond donors (Lipinski definition) is 0. The van der Waals surface area contributed by atoms with Gasteiger partial charge in [0.2, 0.25) is 0 Å². The van der Waals surface area contributed by atoms with Crippen molar-refractivity contribution in [1.29, 1.82) is 0 Å². The molecule has 3 nitrogen and oxygen atoms in total. The monoisotopic (exact) mass is 256 g/mol. The summed E-state index contributed by atoms with van der Waals surface area (Å²) < 4.78 is 11.4. The van der Waals surface area contributed by atoms with E-state index in [1.807, 2.05) is 30.3 Å². The first kappa shape index (κ1) is 10.4. The quantitative estimate of drug-likeness (QED) is 0.759. The number of rotatable bonds is 2. The predicted octanol–water partition coefficient (Wildman–Crippen LogP) is 1.97. The number of esters is 1. The number of benzene rings is 1. The van der Waals surface area contributed by atoms with Gasteiger partial charge in [0, 0.05) is 5.92 Å². The van der Waals surface area contributed by atoms with Crippen LogP contribution >= 0.6 is 0 Å². The Morgan fingerprint density at radius 3 is 2.63 bits per heavy atom. The second kappa shape index (κ2) is 3.04. The van der Waals surface area contributed by atoms with E-state index in [0.717, 1.165) is 17.4 Å². The fraction of sp³-hybridized carbons (Fsp3) is 0.562. The van der Waals surface area contributed by atoms with Crippen LogP contribution in [-0.4, -0.2) is 19.2 Å². The molecule has 0 spiro atoms. The summed E-state index contributed by atoms with van der Waals surface area (Å²) in [7, 11) is 1.47. The van der Waals surface area contributed by atoms with Crippen LogP contribution in [0, 0.1) is 29.6 Å². The van der Waals surface area contributed by atoms with Gasteiger partial charge in [-0.05, 0) is 35.7 Å². The highest BCUT2D eigenvalue weighted by atomic mass is 16.6. The van der Waals surface area contributed by atoms with Gasteiger partial charge in [-0.25, -0.2) is 4.79 Å². The normalized spacial score (nSPS) is 51.4. The molecule has 0 unspecified atom stereocenters. The van der Waals surface area contributed by atoms with E-state index in [-0.39, 0.29) is 5.97 Å². The van der Waals surface area contributed by atoms with Crippen molar-refractivity contribution < 1.29 is 14.3 Å². The minimum atomic E-state index is -0.822. The van der Waals surface area contributed by atoms with E-state index in [2.05, 4.69) is 0 Å². The Labute approximate surface area is 111 Å². The van der Waals surface area contributed by atoms with Gasteiger partial charge in [0.25, 0.3) is 0 Å². The van der Waals surface area contributed by atoms with Gasteiger partial charge in [0.1, 0.15) is 0 Å². The van der Waals surface area contributed by atoms with Crippen LogP contribution in [0.2, 0.25) is 0 Å². The van der Waals surface area contributed by atoms with Crippen LogP contribution in [-0.2, 0) is 19.9 Å². The zero-order valence-corrected chi connectivity index (χ0v) is 10.8. The van der Waals surface area contributed by atoms with Gasteiger partial charge in [0.15, 0.2) is 5.60 Å². The minimum absolute atomic E-state index is 0.206. The molecule has 1 heterocycles. The molecular formula is C16H16O3. The molecule has 0 N–H and O–H groups in total. The number of methoxy groups -OCH3 is 1. The molecule has 4 aliphatic carbocycles. The van der Waals surface area contributed by atoms with Crippen LogP contribution < -0.4 is 0 Å². The third-order valence-corrected chi connectivity index (χ3v) is 6.00. The van der Waals surface area contributed by atoms with Gasteiger partial charge in [-0.2, -0.15) is 0 Å². The lowest BCUT2D eigenvalue weighted by atomic mass is 9.77. The summed E-state index contributed by atoms with van der Waals surface area (Å²) in [5.41, 5.74) is 0.156. The summed E-state index contributed by atoms with van der Waals surface area (Å²) in [6.07, 6.45) is 1.57. The van der Waals surface area contributed by atoms with Crippen LogP contribution in [0.5, 0.6) is 0 Å². The maximum Gasteiger partial charge on any atom is 0.343 e. The fourth-order valence-electron chi connectivity index (χ4n) is 5.51. The van der Waals surface area contributed by atoms with Crippen molar-refractivity contribution in [1.82, 2.24) is 0 Å². The first-order chi connectivity index (χ1) is 9.29. The lowest BCUT2D eigenvalue weighted by Crippen LogP contribution is -2.45. The minimum Gasteiger partial charge on any atom is -0.467 e. The molecule has 19 heavy (non-hydrogen) atoms. The van der Waals surface area contributed by atoms with Crippen molar-refractivity contribution in [2.75, 3.05) is 7.11 Å². The molecule has 1 aliphatic heterocycles. The first-order valence-corrected chi connectivity index (χ1v) is 7.11. The Morgan fingerprint density at radius 1 is 1.26 bits per heavy atom. The molecule has 6 bridgehead atoms. The summed E-state index contributed by atoms with van der Waals surface area (Å²) in [6.45, 7) is 0. The van der Waals surface area contributed by atoms with Gasteiger partial charge in [-0.15, -0.1) is 0 Å². The van der Waals surface area contributed by atoms with E-state index in [1.165, 1.54) is 13.5 Å². The second-order valence-corrected chi connectivity index (χ2v) is 6.42. The molecule has 98 valence electrons. The van der Waals surface area contributed by atoms with Crippen LogP contribution in [0.3, 0.4) is 0 Å². The van der Waals surface area contributed by atoms with E-state index in [0.29, 0.717) is 23.9 Å². The highest BCUT2D eigenvalue weighted by Crippen LogP contribution is 2.81. The van der Waals surface area contributed by atoms with Crippen molar-refractivity contribution in [2.45, 2.75) is 18.1 Å². The summed E-state index contributed by atoms with van der Waals surface area (Å²) in [5, 5.41) is 0.